The first-order valence-corrected chi connectivity index (χ1v) is 9.49. The molecule has 0 spiro atoms. The fraction of sp³-hybridized carbons (Fsp3) is 0.400. The van der Waals surface area contributed by atoms with E-state index in [4.69, 9.17) is 9.47 Å². The van der Waals surface area contributed by atoms with Crippen molar-refractivity contribution in [2.75, 3.05) is 27.3 Å². The smallest absolute Gasteiger partial charge is 0.354 e. The average molecular weight is 378 g/mol. The number of ether oxygens (including phenoxy) is 2. The number of carbonyl (C=O) groups excluding carboxylic acids is 2. The topological polar surface area (TPSA) is 55.8 Å². The molecule has 1 aromatic rings. The van der Waals surface area contributed by atoms with Crippen LogP contribution in [-0.4, -0.2) is 44.1 Å². The fourth-order valence-electron chi connectivity index (χ4n) is 2.10. The maximum absolute atomic E-state index is 12.2. The van der Waals surface area contributed by atoms with E-state index in [1.165, 1.54) is 17.3 Å². The maximum atomic E-state index is 12.2. The predicted octanol–water partition coefficient (Wildman–Crippen LogP) is 3.68. The van der Waals surface area contributed by atoms with Gasteiger partial charge in [0.1, 0.15) is 5.70 Å². The summed E-state index contributed by atoms with van der Waals surface area (Å²) in [7, 11) is 3.50. The molecule has 5 nitrogen and oxygen atoms in total. The van der Waals surface area contributed by atoms with E-state index in [9.17, 15) is 9.59 Å². The van der Waals surface area contributed by atoms with Gasteiger partial charge < -0.3 is 14.4 Å². The maximum Gasteiger partial charge on any atom is 0.354 e. The molecule has 0 heterocycles. The van der Waals surface area contributed by atoms with E-state index in [1.807, 2.05) is 25.1 Å². The van der Waals surface area contributed by atoms with Crippen molar-refractivity contribution in [3.05, 3.63) is 58.1 Å². The van der Waals surface area contributed by atoms with Gasteiger partial charge in [0.2, 0.25) is 0 Å². The monoisotopic (exact) mass is 377 g/mol. The van der Waals surface area contributed by atoms with Crippen molar-refractivity contribution >= 4 is 23.7 Å². The molecular weight excluding hydrogens is 350 g/mol. The molecule has 0 bridgehead atoms. The number of rotatable bonds is 9. The lowest BCUT2D eigenvalue weighted by Crippen LogP contribution is -2.21. The number of hydrogen-bond donors (Lipinski definition) is 0. The number of nitrogens with zero attached hydrogens (tertiary/aromatic N) is 1. The quantitative estimate of drug-likeness (QED) is 0.372. The first kappa shape index (κ1) is 21.8. The molecule has 0 saturated carbocycles. The van der Waals surface area contributed by atoms with Crippen molar-refractivity contribution < 1.29 is 19.1 Å². The standard InChI is InChI=1S/C20H27NO4S/c1-6-24-19(22)17(21(4)5)11-12-18(20(23)25-7-2)26-14-16-10-8-9-15(3)13-16/h8-13H,6-7,14H2,1-5H3/b17-11-,18-12-. The number of benzene rings is 1. The fourth-order valence-corrected chi connectivity index (χ4v) is 2.94. The summed E-state index contributed by atoms with van der Waals surface area (Å²) >= 11 is 1.38. The highest BCUT2D eigenvalue weighted by molar-refractivity contribution is 8.03. The van der Waals surface area contributed by atoms with Crippen molar-refractivity contribution in [3.63, 3.8) is 0 Å². The number of likely N-dealkylation sites (N-methyl/N-ethyl adjacent to an activating group) is 1. The van der Waals surface area contributed by atoms with Crippen LogP contribution in [0, 0.1) is 6.92 Å². The van der Waals surface area contributed by atoms with Gasteiger partial charge in [-0.1, -0.05) is 29.8 Å². The van der Waals surface area contributed by atoms with Gasteiger partial charge in [0.15, 0.2) is 0 Å². The van der Waals surface area contributed by atoms with E-state index < -0.39 is 11.9 Å². The Kier molecular flexibility index (Phi) is 9.58. The molecular formula is C20H27NO4S. The number of esters is 2. The molecule has 0 fully saturated rings. The highest BCUT2D eigenvalue weighted by atomic mass is 32.2. The van der Waals surface area contributed by atoms with Gasteiger partial charge in [-0.2, -0.15) is 0 Å². The Balaban J connectivity index is 3.03. The lowest BCUT2D eigenvalue weighted by molar-refractivity contribution is -0.140. The van der Waals surface area contributed by atoms with Gasteiger partial charge in [-0.25, -0.2) is 9.59 Å². The Hall–Kier alpha value is -2.21. The summed E-state index contributed by atoms with van der Waals surface area (Å²) in [5.41, 5.74) is 2.65. The van der Waals surface area contributed by atoms with Crippen LogP contribution in [-0.2, 0) is 24.8 Å². The molecule has 26 heavy (non-hydrogen) atoms. The third kappa shape index (κ3) is 7.35. The second kappa shape index (κ2) is 11.4. The minimum absolute atomic E-state index is 0.292. The highest BCUT2D eigenvalue weighted by Gasteiger charge is 2.14. The molecule has 0 aromatic heterocycles. The number of aryl methyl sites for hydroxylation is 1. The number of thioether (sulfide) groups is 1. The third-order valence-electron chi connectivity index (χ3n) is 3.31. The van der Waals surface area contributed by atoms with Crippen molar-refractivity contribution in [3.8, 4) is 0 Å². The second-order valence-corrected chi connectivity index (χ2v) is 6.71. The predicted molar refractivity (Wildman–Crippen MR) is 106 cm³/mol. The first-order chi connectivity index (χ1) is 12.4. The summed E-state index contributed by atoms with van der Waals surface area (Å²) < 4.78 is 10.2. The molecule has 0 N–H and O–H groups in total. The molecule has 1 aromatic carbocycles. The lowest BCUT2D eigenvalue weighted by atomic mass is 10.2. The van der Waals surface area contributed by atoms with E-state index in [-0.39, 0.29) is 0 Å². The minimum Gasteiger partial charge on any atom is -0.462 e. The van der Waals surface area contributed by atoms with Crippen LogP contribution < -0.4 is 0 Å². The van der Waals surface area contributed by atoms with Gasteiger partial charge in [0.25, 0.3) is 0 Å². The molecule has 142 valence electrons. The summed E-state index contributed by atoms with van der Waals surface area (Å²) in [6.45, 7) is 6.13. The largest absolute Gasteiger partial charge is 0.462 e. The van der Waals surface area contributed by atoms with Gasteiger partial charge in [0.05, 0.1) is 18.1 Å². The first-order valence-electron chi connectivity index (χ1n) is 8.50. The summed E-state index contributed by atoms with van der Waals surface area (Å²) in [5.74, 6) is -0.194. The van der Waals surface area contributed by atoms with Gasteiger partial charge in [-0.3, -0.25) is 0 Å². The third-order valence-corrected chi connectivity index (χ3v) is 4.40. The minimum atomic E-state index is -0.430. The molecule has 0 aliphatic heterocycles. The molecule has 1 rings (SSSR count). The Labute approximate surface area is 160 Å². The van der Waals surface area contributed by atoms with Crippen LogP contribution in [0.1, 0.15) is 25.0 Å². The van der Waals surface area contributed by atoms with Crippen molar-refractivity contribution in [2.24, 2.45) is 0 Å². The average Bonchev–Trinajstić information content (AvgIpc) is 2.58. The molecule has 0 aliphatic rings. The van der Waals surface area contributed by atoms with Crippen molar-refractivity contribution in [1.82, 2.24) is 4.90 Å². The van der Waals surface area contributed by atoms with Crippen molar-refractivity contribution in [1.29, 1.82) is 0 Å². The van der Waals surface area contributed by atoms with E-state index in [1.54, 1.807) is 45.0 Å². The van der Waals surface area contributed by atoms with E-state index in [2.05, 4.69) is 6.07 Å². The Bertz CT molecular complexity index is 680. The van der Waals surface area contributed by atoms with E-state index in [0.717, 1.165) is 5.56 Å². The Morgan fingerprint density at radius 2 is 1.73 bits per heavy atom. The lowest BCUT2D eigenvalue weighted by Gasteiger charge is -2.15. The molecule has 0 radical (unpaired) electrons. The van der Waals surface area contributed by atoms with Gasteiger partial charge in [-0.05, 0) is 38.5 Å². The summed E-state index contributed by atoms with van der Waals surface area (Å²) in [5, 5.41) is 0. The summed E-state index contributed by atoms with van der Waals surface area (Å²) in [4.78, 5) is 26.4. The zero-order valence-electron chi connectivity index (χ0n) is 16.1. The van der Waals surface area contributed by atoms with Crippen molar-refractivity contribution in [2.45, 2.75) is 26.5 Å². The zero-order chi connectivity index (χ0) is 19.5. The van der Waals surface area contributed by atoms with Gasteiger partial charge in [-0.15, -0.1) is 11.8 Å². The van der Waals surface area contributed by atoms with Crippen LogP contribution in [0.5, 0.6) is 0 Å². The number of allylic oxidation sites excluding steroid dienone is 2. The number of carbonyl (C=O) groups is 2. The zero-order valence-corrected chi connectivity index (χ0v) is 16.9. The van der Waals surface area contributed by atoms with Crippen LogP contribution in [0.3, 0.4) is 0 Å². The molecule has 0 saturated heterocycles. The number of hydrogen-bond acceptors (Lipinski definition) is 6. The molecule has 0 amide bonds. The van der Waals surface area contributed by atoms with Crippen LogP contribution in [0.25, 0.3) is 0 Å². The van der Waals surface area contributed by atoms with Crippen LogP contribution in [0.15, 0.2) is 47.0 Å². The SMILES string of the molecule is CCOC(=O)/C(=C/C=C(/C(=O)OCC)N(C)C)SCc1cccc(C)c1. The van der Waals surface area contributed by atoms with Crippen LogP contribution >= 0.6 is 11.8 Å². The Morgan fingerprint density at radius 3 is 2.31 bits per heavy atom. The molecule has 0 atom stereocenters. The molecule has 0 unspecified atom stereocenters. The molecule has 0 aliphatic carbocycles. The van der Waals surface area contributed by atoms with E-state index in [0.29, 0.717) is 29.6 Å². The summed E-state index contributed by atoms with van der Waals surface area (Å²) in [6, 6.07) is 8.11. The molecule has 6 heteroatoms. The van der Waals surface area contributed by atoms with E-state index >= 15 is 0 Å². The summed E-state index contributed by atoms with van der Waals surface area (Å²) in [6.07, 6.45) is 3.21. The Morgan fingerprint density at radius 1 is 1.08 bits per heavy atom. The highest BCUT2D eigenvalue weighted by Crippen LogP contribution is 2.23. The van der Waals surface area contributed by atoms with Gasteiger partial charge in [0, 0.05) is 19.8 Å². The van der Waals surface area contributed by atoms with Crippen LogP contribution in [0.2, 0.25) is 0 Å². The van der Waals surface area contributed by atoms with Gasteiger partial charge >= 0.3 is 11.9 Å². The second-order valence-electron chi connectivity index (χ2n) is 5.70. The normalized spacial score (nSPS) is 11.9. The van der Waals surface area contributed by atoms with Crippen LogP contribution in [0.4, 0.5) is 0 Å².